The number of hydrogen-bond donors (Lipinski definition) is 2. The molecule has 134 valence electrons. The number of benzene rings is 2. The van der Waals surface area contributed by atoms with Crippen LogP contribution in [0.4, 0.5) is 10.1 Å². The lowest BCUT2D eigenvalue weighted by molar-refractivity contribution is -0.126. The maximum absolute atomic E-state index is 13.8. The molecule has 0 spiro atoms. The van der Waals surface area contributed by atoms with Gasteiger partial charge in [-0.15, -0.1) is 0 Å². The SMILES string of the molecule is CNC(=O)[C@@H](C)Oc1ccc(S(=O)(=O)Nc2ccc(Br)cc2F)cc1. The van der Waals surface area contributed by atoms with Gasteiger partial charge in [-0.05, 0) is 49.4 Å². The molecule has 0 aliphatic heterocycles. The van der Waals surface area contributed by atoms with Crippen molar-refractivity contribution in [3.63, 3.8) is 0 Å². The molecule has 2 rings (SSSR count). The predicted octanol–water partition coefficient (Wildman–Crippen LogP) is 2.90. The van der Waals surface area contributed by atoms with Crippen molar-refractivity contribution in [3.8, 4) is 5.75 Å². The van der Waals surface area contributed by atoms with Crippen LogP contribution in [0.3, 0.4) is 0 Å². The summed E-state index contributed by atoms with van der Waals surface area (Å²) in [5.41, 5.74) is -0.156. The van der Waals surface area contributed by atoms with Gasteiger partial charge in [0.1, 0.15) is 11.6 Å². The lowest BCUT2D eigenvalue weighted by atomic mass is 10.3. The second-order valence-corrected chi connectivity index (χ2v) is 7.67. The van der Waals surface area contributed by atoms with E-state index in [0.717, 1.165) is 6.07 Å². The van der Waals surface area contributed by atoms with Gasteiger partial charge in [0.05, 0.1) is 10.6 Å². The Balaban J connectivity index is 2.16. The number of anilines is 1. The molecular formula is C16H16BrFN2O4S. The summed E-state index contributed by atoms with van der Waals surface area (Å²) >= 11 is 3.10. The number of rotatable bonds is 6. The minimum atomic E-state index is -3.96. The largest absolute Gasteiger partial charge is 0.481 e. The van der Waals surface area contributed by atoms with Gasteiger partial charge in [0.15, 0.2) is 6.10 Å². The third-order valence-corrected chi connectivity index (χ3v) is 5.11. The molecule has 0 bridgehead atoms. The van der Waals surface area contributed by atoms with Crippen molar-refractivity contribution in [2.24, 2.45) is 0 Å². The van der Waals surface area contributed by atoms with E-state index in [1.54, 1.807) is 6.92 Å². The molecule has 0 unspecified atom stereocenters. The summed E-state index contributed by atoms with van der Waals surface area (Å²) in [5, 5.41) is 2.45. The summed E-state index contributed by atoms with van der Waals surface area (Å²) in [6.45, 7) is 1.57. The van der Waals surface area contributed by atoms with Gasteiger partial charge in [-0.25, -0.2) is 12.8 Å². The van der Waals surface area contributed by atoms with E-state index in [-0.39, 0.29) is 16.5 Å². The van der Waals surface area contributed by atoms with Crippen LogP contribution < -0.4 is 14.8 Å². The van der Waals surface area contributed by atoms with Gasteiger partial charge >= 0.3 is 0 Å². The first kappa shape index (κ1) is 19.2. The average Bonchev–Trinajstić information content (AvgIpc) is 2.57. The first-order valence-corrected chi connectivity index (χ1v) is 9.47. The molecule has 1 atom stereocenters. The number of carbonyl (C=O) groups is 1. The monoisotopic (exact) mass is 430 g/mol. The molecule has 2 N–H and O–H groups in total. The van der Waals surface area contributed by atoms with Crippen molar-refractivity contribution in [1.82, 2.24) is 5.32 Å². The molecule has 0 aliphatic carbocycles. The Kier molecular flexibility index (Phi) is 6.02. The fraction of sp³-hybridized carbons (Fsp3) is 0.188. The van der Waals surface area contributed by atoms with Crippen LogP contribution >= 0.6 is 15.9 Å². The second-order valence-electron chi connectivity index (χ2n) is 5.08. The van der Waals surface area contributed by atoms with Gasteiger partial charge in [0.25, 0.3) is 15.9 Å². The first-order valence-electron chi connectivity index (χ1n) is 7.19. The topological polar surface area (TPSA) is 84.5 Å². The Bertz CT molecular complexity index is 872. The lowest BCUT2D eigenvalue weighted by Crippen LogP contribution is -2.33. The van der Waals surface area contributed by atoms with Crippen molar-refractivity contribution in [2.75, 3.05) is 11.8 Å². The van der Waals surface area contributed by atoms with Crippen LogP contribution in [0.15, 0.2) is 51.8 Å². The first-order chi connectivity index (χ1) is 11.7. The number of nitrogens with one attached hydrogen (secondary N) is 2. The zero-order chi connectivity index (χ0) is 18.6. The van der Waals surface area contributed by atoms with Crippen molar-refractivity contribution in [1.29, 1.82) is 0 Å². The second kappa shape index (κ2) is 7.83. The van der Waals surface area contributed by atoms with Crippen LogP contribution in [0.1, 0.15) is 6.92 Å². The third-order valence-electron chi connectivity index (χ3n) is 3.24. The fourth-order valence-corrected chi connectivity index (χ4v) is 3.33. The van der Waals surface area contributed by atoms with Crippen LogP contribution in [0.2, 0.25) is 0 Å². The number of carbonyl (C=O) groups excluding carboxylic acids is 1. The molecule has 0 saturated heterocycles. The minimum absolute atomic E-state index is 0.0604. The zero-order valence-corrected chi connectivity index (χ0v) is 15.8. The Morgan fingerprint density at radius 2 is 1.84 bits per heavy atom. The van der Waals surface area contributed by atoms with Gasteiger partial charge in [0, 0.05) is 11.5 Å². The molecule has 1 amide bonds. The van der Waals surface area contributed by atoms with Crippen LogP contribution in [0, 0.1) is 5.82 Å². The molecule has 2 aromatic carbocycles. The van der Waals surface area contributed by atoms with Gasteiger partial charge in [-0.3, -0.25) is 9.52 Å². The van der Waals surface area contributed by atoms with Crippen molar-refractivity contribution in [2.45, 2.75) is 17.9 Å². The normalized spacial score (nSPS) is 12.3. The van der Waals surface area contributed by atoms with Crippen LogP contribution in [-0.4, -0.2) is 27.5 Å². The fourth-order valence-electron chi connectivity index (χ4n) is 1.93. The predicted molar refractivity (Wildman–Crippen MR) is 95.5 cm³/mol. The number of hydrogen-bond acceptors (Lipinski definition) is 4. The molecule has 9 heteroatoms. The highest BCUT2D eigenvalue weighted by Gasteiger charge is 2.17. The Hall–Kier alpha value is -2.13. The molecule has 25 heavy (non-hydrogen) atoms. The molecule has 2 aromatic rings. The molecule has 0 radical (unpaired) electrons. The summed E-state index contributed by atoms with van der Waals surface area (Å²) in [6.07, 6.45) is -0.720. The van der Waals surface area contributed by atoms with E-state index in [0.29, 0.717) is 10.2 Å². The quantitative estimate of drug-likeness (QED) is 0.737. The van der Waals surface area contributed by atoms with E-state index in [9.17, 15) is 17.6 Å². The molecular weight excluding hydrogens is 415 g/mol. The molecule has 0 aromatic heterocycles. The van der Waals surface area contributed by atoms with Crippen molar-refractivity contribution in [3.05, 3.63) is 52.8 Å². The Labute approximate surface area is 153 Å². The third kappa shape index (κ3) is 4.93. The number of likely N-dealkylation sites (N-methyl/N-ethyl adjacent to an activating group) is 1. The maximum atomic E-state index is 13.8. The summed E-state index contributed by atoms with van der Waals surface area (Å²) in [4.78, 5) is 11.4. The standard InChI is InChI=1S/C16H16BrFN2O4S/c1-10(16(21)19-2)24-12-4-6-13(7-5-12)25(22,23)20-15-8-3-11(17)9-14(15)18/h3-10,20H,1-2H3,(H,19,21)/t10-/m1/s1. The molecule has 0 fully saturated rings. The Morgan fingerprint density at radius 3 is 2.40 bits per heavy atom. The van der Waals surface area contributed by atoms with Gasteiger partial charge in [-0.2, -0.15) is 0 Å². The van der Waals surface area contributed by atoms with Gasteiger partial charge in [-0.1, -0.05) is 15.9 Å². The van der Waals surface area contributed by atoms with E-state index in [2.05, 4.69) is 26.0 Å². The summed E-state index contributed by atoms with van der Waals surface area (Å²) in [7, 11) is -2.46. The van der Waals surface area contributed by atoms with E-state index >= 15 is 0 Å². The molecule has 0 heterocycles. The lowest BCUT2D eigenvalue weighted by Gasteiger charge is -2.14. The summed E-state index contributed by atoms with van der Waals surface area (Å²) < 4.78 is 46.5. The number of ether oxygens (including phenoxy) is 1. The van der Waals surface area contributed by atoms with E-state index < -0.39 is 21.9 Å². The Morgan fingerprint density at radius 1 is 1.20 bits per heavy atom. The highest BCUT2D eigenvalue weighted by molar-refractivity contribution is 9.10. The van der Waals surface area contributed by atoms with Crippen molar-refractivity contribution >= 4 is 37.5 Å². The van der Waals surface area contributed by atoms with Gasteiger partial charge in [0.2, 0.25) is 0 Å². The molecule has 0 aliphatic rings. The van der Waals surface area contributed by atoms with Crippen molar-refractivity contribution < 1.29 is 22.3 Å². The summed E-state index contributed by atoms with van der Waals surface area (Å²) in [6, 6.07) is 9.47. The highest BCUT2D eigenvalue weighted by Crippen LogP contribution is 2.23. The zero-order valence-electron chi connectivity index (χ0n) is 13.4. The molecule has 6 nitrogen and oxygen atoms in total. The average molecular weight is 431 g/mol. The smallest absolute Gasteiger partial charge is 0.261 e. The van der Waals surface area contributed by atoms with Crippen LogP contribution in [0.5, 0.6) is 5.75 Å². The van der Waals surface area contributed by atoms with E-state index in [4.69, 9.17) is 4.74 Å². The highest BCUT2D eigenvalue weighted by atomic mass is 79.9. The van der Waals surface area contributed by atoms with Crippen LogP contribution in [-0.2, 0) is 14.8 Å². The number of amides is 1. The number of sulfonamides is 1. The van der Waals surface area contributed by atoms with E-state index in [1.807, 2.05) is 0 Å². The maximum Gasteiger partial charge on any atom is 0.261 e. The summed E-state index contributed by atoms with van der Waals surface area (Å²) in [5.74, 6) is -0.661. The van der Waals surface area contributed by atoms with Crippen LogP contribution in [0.25, 0.3) is 0 Å². The minimum Gasteiger partial charge on any atom is -0.481 e. The number of halogens is 2. The molecule has 0 saturated carbocycles. The van der Waals surface area contributed by atoms with Gasteiger partial charge < -0.3 is 10.1 Å². The van der Waals surface area contributed by atoms with E-state index in [1.165, 1.54) is 43.4 Å².